The number of nitrogens with one attached hydrogen (secondary N) is 1. The molecular weight excluding hydrogens is 547 g/mol. The SMILES string of the molecule is Cc1ccc(CC(C)N2C(=O)C(c3cccc(C(F)(F)F)c3)=NC23CCC(C(C)C)CC3)cc1.O=CNCCC(=O)O. The van der Waals surface area contributed by atoms with Crippen LogP contribution in [-0.2, 0) is 27.0 Å². The first kappa shape index (κ1) is 32.8. The lowest BCUT2D eigenvalue weighted by Gasteiger charge is -2.45. The number of carbonyl (C=O) groups is 3. The average Bonchev–Trinajstić information content (AvgIpc) is 3.21. The molecule has 2 aromatic rings. The molecule has 228 valence electrons. The third-order valence-corrected chi connectivity index (χ3v) is 8.09. The number of rotatable bonds is 9. The maximum atomic E-state index is 13.8. The van der Waals surface area contributed by atoms with E-state index in [1.54, 1.807) is 6.07 Å². The molecule has 1 heterocycles. The van der Waals surface area contributed by atoms with E-state index >= 15 is 0 Å². The minimum Gasteiger partial charge on any atom is -0.481 e. The summed E-state index contributed by atoms with van der Waals surface area (Å²) < 4.78 is 40.1. The first-order chi connectivity index (χ1) is 19.8. The van der Waals surface area contributed by atoms with E-state index in [1.807, 2.05) is 18.7 Å². The fourth-order valence-corrected chi connectivity index (χ4v) is 5.77. The molecule has 1 fully saturated rings. The molecule has 0 aromatic heterocycles. The predicted molar refractivity (Wildman–Crippen MR) is 155 cm³/mol. The Bertz CT molecular complexity index is 1270. The number of hydrogen-bond acceptors (Lipinski definition) is 4. The van der Waals surface area contributed by atoms with Gasteiger partial charge in [0.05, 0.1) is 12.0 Å². The van der Waals surface area contributed by atoms with Crippen molar-refractivity contribution >= 4 is 24.0 Å². The van der Waals surface area contributed by atoms with Crippen molar-refractivity contribution in [2.45, 2.75) is 84.1 Å². The Kier molecular flexibility index (Phi) is 10.9. The number of aryl methyl sites for hydroxylation is 1. The number of alkyl halides is 3. The molecule has 1 aliphatic carbocycles. The van der Waals surface area contributed by atoms with Gasteiger partial charge < -0.3 is 15.3 Å². The lowest BCUT2D eigenvalue weighted by Crippen LogP contribution is -2.54. The number of aliphatic carboxylic acids is 1. The highest BCUT2D eigenvalue weighted by Crippen LogP contribution is 2.45. The first-order valence-corrected chi connectivity index (χ1v) is 14.3. The minimum absolute atomic E-state index is 0.0151. The van der Waals surface area contributed by atoms with Crippen molar-refractivity contribution < 1.29 is 32.7 Å². The molecule has 0 radical (unpaired) electrons. The minimum atomic E-state index is -4.47. The van der Waals surface area contributed by atoms with Gasteiger partial charge in [0, 0.05) is 18.2 Å². The molecule has 10 heteroatoms. The van der Waals surface area contributed by atoms with Crippen LogP contribution in [0.4, 0.5) is 13.2 Å². The normalized spacial score (nSPS) is 21.0. The number of nitrogens with zero attached hydrogens (tertiary/aromatic N) is 2. The first-order valence-electron chi connectivity index (χ1n) is 14.3. The number of hydrogen-bond donors (Lipinski definition) is 2. The molecule has 0 saturated heterocycles. The zero-order chi connectivity index (χ0) is 31.1. The predicted octanol–water partition coefficient (Wildman–Crippen LogP) is 6.03. The molecule has 1 aliphatic heterocycles. The van der Waals surface area contributed by atoms with Gasteiger partial charge in [-0.25, -0.2) is 0 Å². The number of aliphatic imine (C=N–C) groups is 1. The standard InChI is InChI=1S/C28H33F3N2O.C4H7NO3/c1-18(2)22-12-14-27(15-13-22)32-25(23-6-5-7-24(17-23)28(29,30)31)26(34)33(27)20(4)16-21-10-8-19(3)9-11-21;6-3-5-2-1-4(7)8/h5-11,17-18,20,22H,12-16H2,1-4H3;3H,1-2H2,(H,5,6)(H,7,8). The highest BCUT2D eigenvalue weighted by molar-refractivity contribution is 6.46. The van der Waals surface area contributed by atoms with Crippen molar-refractivity contribution in [3.8, 4) is 0 Å². The summed E-state index contributed by atoms with van der Waals surface area (Å²) in [6, 6.07) is 13.1. The molecule has 1 unspecified atom stereocenters. The lowest BCUT2D eigenvalue weighted by molar-refractivity contribution is -0.138. The number of carboxylic acids is 1. The van der Waals surface area contributed by atoms with Gasteiger partial charge in [-0.1, -0.05) is 55.8 Å². The molecule has 1 spiro atoms. The average molecular weight is 588 g/mol. The molecule has 4 rings (SSSR count). The summed E-state index contributed by atoms with van der Waals surface area (Å²) >= 11 is 0. The van der Waals surface area contributed by atoms with Gasteiger partial charge in [0.25, 0.3) is 5.91 Å². The van der Waals surface area contributed by atoms with Gasteiger partial charge in [-0.15, -0.1) is 0 Å². The van der Waals surface area contributed by atoms with Crippen LogP contribution in [0.5, 0.6) is 0 Å². The Hall–Kier alpha value is -3.69. The molecule has 2 amide bonds. The Balaban J connectivity index is 0.000000531. The van der Waals surface area contributed by atoms with Gasteiger partial charge in [-0.3, -0.25) is 19.4 Å². The summed E-state index contributed by atoms with van der Waals surface area (Å²) in [5, 5.41) is 10.2. The number of carbonyl (C=O) groups excluding carboxylic acids is 2. The molecule has 7 nitrogen and oxygen atoms in total. The third-order valence-electron chi connectivity index (χ3n) is 8.09. The van der Waals surface area contributed by atoms with E-state index in [1.165, 1.54) is 11.6 Å². The van der Waals surface area contributed by atoms with Crippen molar-refractivity contribution in [3.05, 3.63) is 70.8 Å². The summed E-state index contributed by atoms with van der Waals surface area (Å²) in [6.45, 7) is 8.71. The van der Waals surface area contributed by atoms with E-state index in [2.05, 4.69) is 43.4 Å². The van der Waals surface area contributed by atoms with Gasteiger partial charge in [-0.2, -0.15) is 13.2 Å². The zero-order valence-electron chi connectivity index (χ0n) is 24.6. The van der Waals surface area contributed by atoms with E-state index < -0.39 is 23.4 Å². The molecule has 2 N–H and O–H groups in total. The molecule has 1 atom stereocenters. The van der Waals surface area contributed by atoms with Crippen LogP contribution < -0.4 is 5.32 Å². The second-order valence-electron chi connectivity index (χ2n) is 11.5. The number of amides is 2. The summed E-state index contributed by atoms with van der Waals surface area (Å²) in [7, 11) is 0. The zero-order valence-corrected chi connectivity index (χ0v) is 24.6. The number of benzene rings is 2. The molecular formula is C32H40F3N3O4. The van der Waals surface area contributed by atoms with Crippen molar-refractivity contribution in [1.82, 2.24) is 10.2 Å². The Labute approximate surface area is 245 Å². The maximum Gasteiger partial charge on any atom is 0.416 e. The van der Waals surface area contributed by atoms with E-state index in [0.29, 0.717) is 24.7 Å². The molecule has 2 aliphatic rings. The maximum absolute atomic E-state index is 13.8. The topological polar surface area (TPSA) is 99.1 Å². The Morgan fingerprint density at radius 1 is 1.14 bits per heavy atom. The van der Waals surface area contributed by atoms with Crippen LogP contribution in [0, 0.1) is 18.8 Å². The van der Waals surface area contributed by atoms with Crippen LogP contribution in [0.1, 0.15) is 75.1 Å². The molecule has 2 aromatic carbocycles. The third kappa shape index (κ3) is 8.20. The van der Waals surface area contributed by atoms with Crippen LogP contribution in [0.25, 0.3) is 0 Å². The van der Waals surface area contributed by atoms with Crippen LogP contribution in [0.2, 0.25) is 0 Å². The van der Waals surface area contributed by atoms with E-state index in [4.69, 9.17) is 10.1 Å². The quantitative estimate of drug-likeness (QED) is 0.277. The fourth-order valence-electron chi connectivity index (χ4n) is 5.77. The Morgan fingerprint density at radius 2 is 1.79 bits per heavy atom. The van der Waals surface area contributed by atoms with Crippen molar-refractivity contribution in [3.63, 3.8) is 0 Å². The molecule has 0 bridgehead atoms. The highest BCUT2D eigenvalue weighted by Gasteiger charge is 2.51. The number of halogens is 3. The van der Waals surface area contributed by atoms with Crippen molar-refractivity contribution in [2.75, 3.05) is 6.54 Å². The smallest absolute Gasteiger partial charge is 0.416 e. The Morgan fingerprint density at radius 3 is 2.33 bits per heavy atom. The van der Waals surface area contributed by atoms with Gasteiger partial charge in [0.2, 0.25) is 6.41 Å². The summed E-state index contributed by atoms with van der Waals surface area (Å²) in [4.78, 5) is 39.8. The van der Waals surface area contributed by atoms with Gasteiger partial charge in [0.15, 0.2) is 0 Å². The van der Waals surface area contributed by atoms with Crippen LogP contribution in [0.3, 0.4) is 0 Å². The highest BCUT2D eigenvalue weighted by atomic mass is 19.4. The fraction of sp³-hybridized carbons (Fsp3) is 0.500. The van der Waals surface area contributed by atoms with Gasteiger partial charge >= 0.3 is 12.1 Å². The van der Waals surface area contributed by atoms with Crippen molar-refractivity contribution in [2.24, 2.45) is 16.8 Å². The molecule has 42 heavy (non-hydrogen) atoms. The monoisotopic (exact) mass is 587 g/mol. The summed E-state index contributed by atoms with van der Waals surface area (Å²) in [5.74, 6) is -0.0381. The van der Waals surface area contributed by atoms with E-state index in [9.17, 15) is 27.6 Å². The van der Waals surface area contributed by atoms with Gasteiger partial charge in [0.1, 0.15) is 11.4 Å². The molecule has 1 saturated carbocycles. The summed E-state index contributed by atoms with van der Waals surface area (Å²) in [6.07, 6.45) is 0.0544. The largest absolute Gasteiger partial charge is 0.481 e. The van der Waals surface area contributed by atoms with Crippen LogP contribution in [-0.4, -0.2) is 52.3 Å². The number of carboxylic acid groups (broad SMARTS) is 1. The second kappa shape index (κ2) is 14.0. The summed E-state index contributed by atoms with van der Waals surface area (Å²) in [5.41, 5.74) is 1.26. The lowest BCUT2D eigenvalue weighted by atomic mass is 9.76. The van der Waals surface area contributed by atoms with Crippen molar-refractivity contribution in [1.29, 1.82) is 0 Å². The van der Waals surface area contributed by atoms with Crippen LogP contribution >= 0.6 is 0 Å². The van der Waals surface area contributed by atoms with Crippen LogP contribution in [0.15, 0.2) is 53.5 Å². The van der Waals surface area contributed by atoms with E-state index in [0.717, 1.165) is 43.4 Å². The van der Waals surface area contributed by atoms with E-state index in [-0.39, 0.29) is 36.2 Å². The van der Waals surface area contributed by atoms with Gasteiger partial charge in [-0.05, 0) is 75.5 Å². The second-order valence-corrected chi connectivity index (χ2v) is 11.5.